The molecule has 0 fully saturated rings. The molecule has 0 spiro atoms. The fourth-order valence-electron chi connectivity index (χ4n) is 2.78. The molecule has 0 aliphatic heterocycles. The minimum absolute atomic E-state index is 0.164. The van der Waals surface area contributed by atoms with E-state index in [9.17, 15) is 13.2 Å². The zero-order chi connectivity index (χ0) is 20.4. The van der Waals surface area contributed by atoms with Gasteiger partial charge in [-0.25, -0.2) is 9.52 Å². The number of aryl methyl sites for hydroxylation is 2. The summed E-state index contributed by atoms with van der Waals surface area (Å²) in [6.07, 6.45) is 1.44. The molecule has 1 aromatic carbocycles. The van der Waals surface area contributed by atoms with E-state index < -0.39 is 16.1 Å². The predicted octanol–water partition coefficient (Wildman–Crippen LogP) is 3.85. The molecule has 0 bridgehead atoms. The van der Waals surface area contributed by atoms with Crippen LogP contribution in [-0.4, -0.2) is 24.6 Å². The SMILES string of the molecule is Cc1cnnc(S(=O)(=O)NC(=O)Nc2c(C(C)C)cc(C)cc2C(C)C)c1. The molecule has 2 rings (SSSR count). The van der Waals surface area contributed by atoms with Crippen LogP contribution in [0.15, 0.2) is 29.4 Å². The number of carbonyl (C=O) groups excluding carboxylic acids is 1. The van der Waals surface area contributed by atoms with E-state index in [1.807, 2.05) is 51.5 Å². The van der Waals surface area contributed by atoms with Gasteiger partial charge in [0, 0.05) is 5.69 Å². The monoisotopic (exact) mass is 390 g/mol. The second-order valence-electron chi connectivity index (χ2n) is 7.26. The van der Waals surface area contributed by atoms with Crippen molar-refractivity contribution in [3.05, 3.63) is 46.6 Å². The smallest absolute Gasteiger partial charge is 0.307 e. The Balaban J connectivity index is 2.35. The molecule has 0 aliphatic rings. The van der Waals surface area contributed by atoms with Gasteiger partial charge in [-0.15, -0.1) is 5.10 Å². The van der Waals surface area contributed by atoms with Gasteiger partial charge in [0.15, 0.2) is 5.03 Å². The lowest BCUT2D eigenvalue weighted by Crippen LogP contribution is -2.35. The fraction of sp³-hybridized carbons (Fsp3) is 0.421. The van der Waals surface area contributed by atoms with Gasteiger partial charge in [-0.05, 0) is 48.4 Å². The van der Waals surface area contributed by atoms with E-state index in [-0.39, 0.29) is 16.9 Å². The van der Waals surface area contributed by atoms with Crippen molar-refractivity contribution in [1.29, 1.82) is 0 Å². The van der Waals surface area contributed by atoms with E-state index in [1.165, 1.54) is 12.3 Å². The number of amides is 2. The molecule has 7 nitrogen and oxygen atoms in total. The Morgan fingerprint density at radius 3 is 2.00 bits per heavy atom. The Labute approximate surface area is 160 Å². The van der Waals surface area contributed by atoms with Crippen molar-refractivity contribution in [2.45, 2.75) is 58.4 Å². The molecule has 2 amide bonds. The predicted molar refractivity (Wildman–Crippen MR) is 105 cm³/mol. The summed E-state index contributed by atoms with van der Waals surface area (Å²) >= 11 is 0. The van der Waals surface area contributed by atoms with Gasteiger partial charge in [0.1, 0.15) is 0 Å². The van der Waals surface area contributed by atoms with Gasteiger partial charge in [0.25, 0.3) is 10.0 Å². The molecule has 0 atom stereocenters. The minimum Gasteiger partial charge on any atom is -0.307 e. The summed E-state index contributed by atoms with van der Waals surface area (Å²) in [5, 5.41) is 9.65. The topological polar surface area (TPSA) is 101 Å². The highest BCUT2D eigenvalue weighted by Gasteiger charge is 2.22. The van der Waals surface area contributed by atoms with Crippen LogP contribution in [0.2, 0.25) is 0 Å². The molecular weight excluding hydrogens is 364 g/mol. The van der Waals surface area contributed by atoms with Gasteiger partial charge < -0.3 is 5.32 Å². The highest BCUT2D eigenvalue weighted by molar-refractivity contribution is 7.90. The normalized spacial score (nSPS) is 11.7. The first-order valence-corrected chi connectivity index (χ1v) is 10.3. The highest BCUT2D eigenvalue weighted by Crippen LogP contribution is 2.33. The molecule has 0 radical (unpaired) electrons. The van der Waals surface area contributed by atoms with Crippen molar-refractivity contribution < 1.29 is 13.2 Å². The molecule has 0 aliphatic carbocycles. The Hall–Kier alpha value is -2.48. The van der Waals surface area contributed by atoms with Gasteiger partial charge in [-0.2, -0.15) is 13.5 Å². The maximum Gasteiger partial charge on any atom is 0.333 e. The van der Waals surface area contributed by atoms with E-state index in [4.69, 9.17) is 0 Å². The van der Waals surface area contributed by atoms with Crippen LogP contribution in [0.4, 0.5) is 10.5 Å². The maximum atomic E-state index is 12.5. The Morgan fingerprint density at radius 2 is 1.52 bits per heavy atom. The number of sulfonamides is 1. The van der Waals surface area contributed by atoms with Crippen molar-refractivity contribution in [3.63, 3.8) is 0 Å². The minimum atomic E-state index is -4.11. The first-order valence-electron chi connectivity index (χ1n) is 8.78. The number of rotatable bonds is 5. The van der Waals surface area contributed by atoms with Crippen LogP contribution >= 0.6 is 0 Å². The standard InChI is InChI=1S/C19H26N4O3S/c1-11(2)15-7-13(5)8-16(12(3)4)18(15)21-19(24)23-27(25,26)17-9-14(6)10-20-22-17/h7-12H,1-6H3,(H2,21,23,24). The third kappa shape index (κ3) is 5.03. The van der Waals surface area contributed by atoms with Crippen LogP contribution < -0.4 is 10.0 Å². The van der Waals surface area contributed by atoms with Crippen molar-refractivity contribution in [2.75, 3.05) is 5.32 Å². The maximum absolute atomic E-state index is 12.5. The third-order valence-electron chi connectivity index (χ3n) is 4.10. The van der Waals surface area contributed by atoms with Gasteiger partial charge in [-0.1, -0.05) is 45.4 Å². The van der Waals surface area contributed by atoms with E-state index in [1.54, 1.807) is 6.92 Å². The first-order chi connectivity index (χ1) is 12.5. The van der Waals surface area contributed by atoms with Crippen molar-refractivity contribution in [3.8, 4) is 0 Å². The Morgan fingerprint density at radius 1 is 0.963 bits per heavy atom. The zero-order valence-electron chi connectivity index (χ0n) is 16.5. The summed E-state index contributed by atoms with van der Waals surface area (Å²) < 4.78 is 26.8. The van der Waals surface area contributed by atoms with Crippen LogP contribution in [0.5, 0.6) is 0 Å². The Kier molecular flexibility index (Phi) is 6.20. The number of benzene rings is 1. The number of nitrogens with zero attached hydrogens (tertiary/aromatic N) is 2. The van der Waals surface area contributed by atoms with Gasteiger partial charge in [-0.3, -0.25) is 0 Å². The lowest BCUT2D eigenvalue weighted by molar-refractivity contribution is 0.256. The number of hydrogen-bond acceptors (Lipinski definition) is 5. The van der Waals surface area contributed by atoms with Crippen LogP contribution in [0.3, 0.4) is 0 Å². The van der Waals surface area contributed by atoms with E-state index >= 15 is 0 Å². The zero-order valence-corrected chi connectivity index (χ0v) is 17.3. The molecule has 2 N–H and O–H groups in total. The quantitative estimate of drug-likeness (QED) is 0.807. The molecule has 146 valence electrons. The van der Waals surface area contributed by atoms with Crippen molar-refractivity contribution in [2.24, 2.45) is 0 Å². The second-order valence-corrected chi connectivity index (χ2v) is 8.89. The van der Waals surface area contributed by atoms with E-state index in [2.05, 4.69) is 15.5 Å². The average molecular weight is 391 g/mol. The highest BCUT2D eigenvalue weighted by atomic mass is 32.2. The average Bonchev–Trinajstić information content (AvgIpc) is 2.55. The van der Waals surface area contributed by atoms with Crippen LogP contribution in [0.1, 0.15) is 61.8 Å². The van der Waals surface area contributed by atoms with Crippen molar-refractivity contribution in [1.82, 2.24) is 14.9 Å². The van der Waals surface area contributed by atoms with Gasteiger partial charge in [0.2, 0.25) is 0 Å². The molecule has 0 saturated heterocycles. The number of aromatic nitrogens is 2. The van der Waals surface area contributed by atoms with Crippen LogP contribution in [-0.2, 0) is 10.0 Å². The van der Waals surface area contributed by atoms with E-state index in [0.29, 0.717) is 11.3 Å². The second kappa shape index (κ2) is 8.04. The van der Waals surface area contributed by atoms with Gasteiger partial charge in [0.05, 0.1) is 6.20 Å². The van der Waals surface area contributed by atoms with Crippen LogP contribution in [0.25, 0.3) is 0 Å². The third-order valence-corrected chi connectivity index (χ3v) is 5.30. The van der Waals surface area contributed by atoms with Crippen molar-refractivity contribution >= 4 is 21.7 Å². The Bertz CT molecular complexity index is 924. The fourth-order valence-corrected chi connectivity index (χ4v) is 3.68. The largest absolute Gasteiger partial charge is 0.333 e. The number of anilines is 1. The molecule has 1 aromatic heterocycles. The lowest BCUT2D eigenvalue weighted by atomic mass is 9.90. The molecule has 1 heterocycles. The molecule has 2 aromatic rings. The summed E-state index contributed by atoms with van der Waals surface area (Å²) in [4.78, 5) is 12.5. The summed E-state index contributed by atoms with van der Waals surface area (Å²) in [6, 6.07) is 4.54. The van der Waals surface area contributed by atoms with Crippen LogP contribution in [0, 0.1) is 13.8 Å². The molecule has 27 heavy (non-hydrogen) atoms. The molecular formula is C19H26N4O3S. The summed E-state index contributed by atoms with van der Waals surface area (Å²) in [6.45, 7) is 11.8. The number of nitrogens with one attached hydrogen (secondary N) is 2. The molecule has 8 heteroatoms. The number of urea groups is 1. The first kappa shape index (κ1) is 20.8. The summed E-state index contributed by atoms with van der Waals surface area (Å²) in [7, 11) is -4.11. The summed E-state index contributed by atoms with van der Waals surface area (Å²) in [5.74, 6) is 0.328. The summed E-state index contributed by atoms with van der Waals surface area (Å²) in [5.41, 5.74) is 4.29. The van der Waals surface area contributed by atoms with E-state index in [0.717, 1.165) is 16.7 Å². The number of carbonyl (C=O) groups is 1. The molecule has 0 unspecified atom stereocenters. The number of hydrogen-bond donors (Lipinski definition) is 2. The lowest BCUT2D eigenvalue weighted by Gasteiger charge is -2.21. The molecule has 0 saturated carbocycles. The van der Waals surface area contributed by atoms with Gasteiger partial charge >= 0.3 is 6.03 Å².